The number of hydrogen-bond donors (Lipinski definition) is 3. The molecule has 1 aliphatic carbocycles. The zero-order chi connectivity index (χ0) is 29.8. The fourth-order valence-electron chi connectivity index (χ4n) is 3.28. The topological polar surface area (TPSA) is 169 Å². The summed E-state index contributed by atoms with van der Waals surface area (Å²) in [6.07, 6.45) is 0.379. The van der Waals surface area contributed by atoms with Crippen molar-refractivity contribution >= 4 is 51.3 Å². The van der Waals surface area contributed by atoms with E-state index in [1.807, 2.05) is 0 Å². The molecule has 0 heterocycles. The van der Waals surface area contributed by atoms with E-state index < -0.39 is 39.6 Å². The Bertz CT molecular complexity index is 1440. The minimum Gasteiger partial charge on any atom is -0.496 e. The van der Waals surface area contributed by atoms with Crippen LogP contribution in [-0.4, -0.2) is 58.3 Å². The average Bonchev–Trinajstić information content (AvgIpc) is 3.68. The molecular formula is C25H29ClN4O9S. The monoisotopic (exact) mass is 596 g/mol. The molecule has 2 aromatic rings. The average molecular weight is 597 g/mol. The SMILES string of the molecule is COC(=O)c1ccc(N(NC(=O)OC(C)(C)C)C(=O)NC(=O)c2cc(S(=O)(=O)NC3CC3)ccc2Cl)cc1OC. The number of rotatable bonds is 7. The molecule has 3 N–H and O–H groups in total. The Kier molecular flexibility index (Phi) is 9.28. The standard InChI is InChI=1S/C25H29ClN4O9S/c1-25(2,3)39-24(34)28-30(15-8-10-17(22(32)38-5)20(12-15)37-4)23(33)27-21(31)18-13-16(9-11-19(18)26)40(35,36)29-14-6-7-14/h8-14,29H,6-7H2,1-5H3,(H,28,34)(H,27,31,33). The van der Waals surface area contributed by atoms with Gasteiger partial charge in [0.05, 0.1) is 35.4 Å². The van der Waals surface area contributed by atoms with Gasteiger partial charge in [-0.15, -0.1) is 0 Å². The number of methoxy groups -OCH3 is 2. The summed E-state index contributed by atoms with van der Waals surface area (Å²) in [7, 11) is -1.46. The van der Waals surface area contributed by atoms with Crippen LogP contribution < -0.4 is 25.2 Å². The van der Waals surface area contributed by atoms with Crippen molar-refractivity contribution in [1.29, 1.82) is 0 Å². The lowest BCUT2D eigenvalue weighted by molar-refractivity contribution is 0.0521. The molecule has 0 spiro atoms. The number of carbonyl (C=O) groups excluding carboxylic acids is 4. The van der Waals surface area contributed by atoms with Crippen molar-refractivity contribution in [3.8, 4) is 5.75 Å². The van der Waals surface area contributed by atoms with Crippen LogP contribution in [0.5, 0.6) is 5.75 Å². The van der Waals surface area contributed by atoms with Gasteiger partial charge in [0.15, 0.2) is 0 Å². The van der Waals surface area contributed by atoms with E-state index in [0.29, 0.717) is 17.9 Å². The number of carbonyl (C=O) groups is 4. The number of halogens is 1. The van der Waals surface area contributed by atoms with Crippen LogP contribution in [0.25, 0.3) is 0 Å². The zero-order valence-corrected chi connectivity index (χ0v) is 23.9. The largest absolute Gasteiger partial charge is 0.496 e. The molecule has 0 aromatic heterocycles. The van der Waals surface area contributed by atoms with E-state index in [4.69, 9.17) is 25.8 Å². The lowest BCUT2D eigenvalue weighted by atomic mass is 10.1. The van der Waals surface area contributed by atoms with Crippen LogP contribution in [0.2, 0.25) is 5.02 Å². The summed E-state index contributed by atoms with van der Waals surface area (Å²) in [5.74, 6) is -1.76. The summed E-state index contributed by atoms with van der Waals surface area (Å²) in [6.45, 7) is 4.82. The van der Waals surface area contributed by atoms with Gasteiger partial charge in [-0.1, -0.05) is 11.6 Å². The number of imide groups is 1. The van der Waals surface area contributed by atoms with Crippen LogP contribution in [0, 0.1) is 0 Å². The van der Waals surface area contributed by atoms with Crippen molar-refractivity contribution < 1.29 is 41.8 Å². The molecule has 40 heavy (non-hydrogen) atoms. The van der Waals surface area contributed by atoms with Crippen molar-refractivity contribution in [3.05, 3.63) is 52.5 Å². The first kappa shape index (κ1) is 30.7. The van der Waals surface area contributed by atoms with Crippen molar-refractivity contribution in [1.82, 2.24) is 15.5 Å². The molecule has 15 heteroatoms. The minimum absolute atomic E-state index is 0.00332. The van der Waals surface area contributed by atoms with Gasteiger partial charge in [0.25, 0.3) is 5.91 Å². The molecule has 0 aliphatic heterocycles. The molecule has 13 nitrogen and oxygen atoms in total. The van der Waals surface area contributed by atoms with E-state index >= 15 is 0 Å². The van der Waals surface area contributed by atoms with Crippen LogP contribution in [0.4, 0.5) is 15.3 Å². The first-order valence-electron chi connectivity index (χ1n) is 11.9. The number of amides is 4. The van der Waals surface area contributed by atoms with Gasteiger partial charge < -0.3 is 14.2 Å². The predicted octanol–water partition coefficient (Wildman–Crippen LogP) is 3.37. The smallest absolute Gasteiger partial charge is 0.427 e. The van der Waals surface area contributed by atoms with Crippen LogP contribution in [0.15, 0.2) is 41.3 Å². The van der Waals surface area contributed by atoms with E-state index in [2.05, 4.69) is 15.5 Å². The summed E-state index contributed by atoms with van der Waals surface area (Å²) in [4.78, 5) is 50.7. The van der Waals surface area contributed by atoms with Gasteiger partial charge in [0, 0.05) is 12.1 Å². The highest BCUT2D eigenvalue weighted by molar-refractivity contribution is 7.89. The summed E-state index contributed by atoms with van der Waals surface area (Å²) in [6, 6.07) is 5.98. The second kappa shape index (κ2) is 12.1. The third-order valence-corrected chi connectivity index (χ3v) is 7.11. The number of urea groups is 1. The van der Waals surface area contributed by atoms with Crippen LogP contribution >= 0.6 is 11.6 Å². The first-order valence-corrected chi connectivity index (χ1v) is 13.7. The lowest BCUT2D eigenvalue weighted by Gasteiger charge is -2.26. The number of benzene rings is 2. The quantitative estimate of drug-likeness (QED) is 0.320. The Morgan fingerprint density at radius 1 is 1.00 bits per heavy atom. The van der Waals surface area contributed by atoms with Crippen molar-refractivity contribution in [2.24, 2.45) is 0 Å². The lowest BCUT2D eigenvalue weighted by Crippen LogP contribution is -2.53. The molecule has 2 aromatic carbocycles. The number of ether oxygens (including phenoxy) is 3. The Morgan fingerprint density at radius 3 is 2.25 bits per heavy atom. The van der Waals surface area contributed by atoms with Gasteiger partial charge >= 0.3 is 18.1 Å². The van der Waals surface area contributed by atoms with Crippen molar-refractivity contribution in [2.75, 3.05) is 19.2 Å². The van der Waals surface area contributed by atoms with Gasteiger partial charge in [-0.25, -0.2) is 32.9 Å². The molecule has 4 amide bonds. The molecule has 1 saturated carbocycles. The van der Waals surface area contributed by atoms with E-state index in [1.54, 1.807) is 20.8 Å². The number of nitrogens with zero attached hydrogens (tertiary/aromatic N) is 1. The predicted molar refractivity (Wildman–Crippen MR) is 144 cm³/mol. The molecule has 0 radical (unpaired) electrons. The van der Waals surface area contributed by atoms with E-state index in [9.17, 15) is 27.6 Å². The Balaban J connectivity index is 1.93. The second-order valence-corrected chi connectivity index (χ2v) is 11.7. The molecule has 216 valence electrons. The Labute approximate surface area is 236 Å². The molecule has 0 atom stereocenters. The maximum Gasteiger partial charge on any atom is 0.427 e. The third kappa shape index (κ3) is 7.83. The zero-order valence-electron chi connectivity index (χ0n) is 22.4. The maximum atomic E-state index is 13.3. The van der Waals surface area contributed by atoms with Crippen molar-refractivity contribution in [3.63, 3.8) is 0 Å². The summed E-state index contributed by atoms with van der Waals surface area (Å²) in [5.41, 5.74) is 1.01. The van der Waals surface area contributed by atoms with Gasteiger partial charge in [-0.2, -0.15) is 5.01 Å². The molecule has 1 aliphatic rings. The Morgan fingerprint density at radius 2 is 1.68 bits per heavy atom. The van der Waals surface area contributed by atoms with Gasteiger partial charge in [-0.05, 0) is 63.9 Å². The number of nitrogens with one attached hydrogen (secondary N) is 3. The number of sulfonamides is 1. The highest BCUT2D eigenvalue weighted by atomic mass is 35.5. The van der Waals surface area contributed by atoms with Gasteiger partial charge in [0.2, 0.25) is 10.0 Å². The van der Waals surface area contributed by atoms with E-state index in [0.717, 1.165) is 6.07 Å². The fraction of sp³-hybridized carbons (Fsp3) is 0.360. The first-order chi connectivity index (χ1) is 18.6. The van der Waals surface area contributed by atoms with E-state index in [1.165, 1.54) is 44.6 Å². The minimum atomic E-state index is -3.92. The summed E-state index contributed by atoms with van der Waals surface area (Å²) >= 11 is 6.15. The molecule has 0 unspecified atom stereocenters. The summed E-state index contributed by atoms with van der Waals surface area (Å²) in [5, 5.41) is 2.60. The molecule has 0 saturated heterocycles. The normalized spacial score (nSPS) is 13.2. The second-order valence-electron chi connectivity index (χ2n) is 9.62. The number of esters is 1. The van der Waals surface area contributed by atoms with Gasteiger partial charge in [-0.3, -0.25) is 10.1 Å². The number of anilines is 1. The van der Waals surface area contributed by atoms with Crippen LogP contribution in [0.1, 0.15) is 54.3 Å². The van der Waals surface area contributed by atoms with Crippen LogP contribution in [0.3, 0.4) is 0 Å². The van der Waals surface area contributed by atoms with E-state index in [-0.39, 0.29) is 38.5 Å². The third-order valence-electron chi connectivity index (χ3n) is 5.27. The summed E-state index contributed by atoms with van der Waals surface area (Å²) < 4.78 is 42.9. The van der Waals surface area contributed by atoms with Gasteiger partial charge in [0.1, 0.15) is 16.9 Å². The maximum absolute atomic E-state index is 13.3. The highest BCUT2D eigenvalue weighted by Gasteiger charge is 2.30. The fourth-order valence-corrected chi connectivity index (χ4v) is 4.81. The molecular weight excluding hydrogens is 568 g/mol. The molecule has 1 fully saturated rings. The number of hydrazine groups is 1. The number of hydrogen-bond acceptors (Lipinski definition) is 9. The molecule has 3 rings (SSSR count). The highest BCUT2D eigenvalue weighted by Crippen LogP contribution is 2.27. The molecule has 0 bridgehead atoms. The van der Waals surface area contributed by atoms with Crippen LogP contribution in [-0.2, 0) is 19.5 Å². The Hall–Kier alpha value is -3.88. The van der Waals surface area contributed by atoms with Crippen molar-refractivity contribution in [2.45, 2.75) is 50.2 Å².